The molecule has 1 aromatic carbocycles. The number of fused-ring (bicyclic) bond motifs is 1. The second kappa shape index (κ2) is 6.45. The van der Waals surface area contributed by atoms with Crippen molar-refractivity contribution in [3.8, 4) is 0 Å². The molecule has 0 spiro atoms. The van der Waals surface area contributed by atoms with Crippen LogP contribution in [0.2, 0.25) is 0 Å². The van der Waals surface area contributed by atoms with Crippen LogP contribution in [0.1, 0.15) is 44.6 Å². The summed E-state index contributed by atoms with van der Waals surface area (Å²) < 4.78 is 0. The van der Waals surface area contributed by atoms with Crippen LogP contribution in [0.15, 0.2) is 30.5 Å². The number of aromatic amines is 1. The van der Waals surface area contributed by atoms with E-state index in [1.165, 1.54) is 55.1 Å². The third-order valence-electron chi connectivity index (χ3n) is 4.97. The molecule has 0 radical (unpaired) electrons. The van der Waals surface area contributed by atoms with Gasteiger partial charge in [-0.1, -0.05) is 44.4 Å². The summed E-state index contributed by atoms with van der Waals surface area (Å²) in [4.78, 5) is 3.35. The molecule has 2 nitrogen and oxygen atoms in total. The molecule has 1 aliphatic carbocycles. The SMILES string of the molecule is CCC1CCC(CNCc2cccc3cc[nH]c23)CC1. The van der Waals surface area contributed by atoms with Crippen molar-refractivity contribution in [2.45, 2.75) is 45.6 Å². The van der Waals surface area contributed by atoms with Crippen molar-refractivity contribution in [2.24, 2.45) is 11.8 Å². The summed E-state index contributed by atoms with van der Waals surface area (Å²) in [5.41, 5.74) is 2.67. The maximum atomic E-state index is 3.67. The number of aromatic nitrogens is 1. The van der Waals surface area contributed by atoms with E-state index in [-0.39, 0.29) is 0 Å². The number of hydrogen-bond acceptors (Lipinski definition) is 1. The minimum Gasteiger partial charge on any atom is -0.361 e. The molecule has 108 valence electrons. The van der Waals surface area contributed by atoms with Gasteiger partial charge in [0, 0.05) is 18.3 Å². The third-order valence-corrected chi connectivity index (χ3v) is 4.97. The highest BCUT2D eigenvalue weighted by Gasteiger charge is 2.19. The molecule has 0 unspecified atom stereocenters. The molecule has 1 saturated carbocycles. The predicted octanol–water partition coefficient (Wildman–Crippen LogP) is 4.47. The van der Waals surface area contributed by atoms with Crippen LogP contribution in [0.3, 0.4) is 0 Å². The maximum Gasteiger partial charge on any atom is 0.0499 e. The second-order valence-corrected chi connectivity index (χ2v) is 6.28. The molecule has 3 rings (SSSR count). The van der Waals surface area contributed by atoms with E-state index in [1.54, 1.807) is 0 Å². The van der Waals surface area contributed by atoms with Crippen LogP contribution in [0.25, 0.3) is 10.9 Å². The van der Waals surface area contributed by atoms with Crippen molar-refractivity contribution in [1.82, 2.24) is 10.3 Å². The van der Waals surface area contributed by atoms with Gasteiger partial charge in [0.2, 0.25) is 0 Å². The van der Waals surface area contributed by atoms with Gasteiger partial charge in [0.15, 0.2) is 0 Å². The molecule has 1 heterocycles. The lowest BCUT2D eigenvalue weighted by Crippen LogP contribution is -2.26. The summed E-state index contributed by atoms with van der Waals surface area (Å²) in [7, 11) is 0. The minimum absolute atomic E-state index is 0.889. The summed E-state index contributed by atoms with van der Waals surface area (Å²) in [5, 5.41) is 4.98. The molecular formula is C18H26N2. The van der Waals surface area contributed by atoms with Gasteiger partial charge in [-0.05, 0) is 48.2 Å². The molecule has 2 aromatic rings. The first kappa shape index (κ1) is 13.7. The zero-order chi connectivity index (χ0) is 13.8. The number of hydrogen-bond donors (Lipinski definition) is 2. The lowest BCUT2D eigenvalue weighted by atomic mass is 9.81. The zero-order valence-electron chi connectivity index (χ0n) is 12.5. The number of para-hydroxylation sites is 1. The van der Waals surface area contributed by atoms with Crippen LogP contribution >= 0.6 is 0 Å². The van der Waals surface area contributed by atoms with Gasteiger partial charge in [0.25, 0.3) is 0 Å². The Morgan fingerprint density at radius 1 is 1.10 bits per heavy atom. The van der Waals surface area contributed by atoms with Crippen molar-refractivity contribution in [2.75, 3.05) is 6.54 Å². The standard InChI is InChI=1S/C18H26N2/c1-2-14-6-8-15(9-7-14)12-19-13-17-5-3-4-16-10-11-20-18(16)17/h3-5,10-11,14-15,19-20H,2,6-9,12-13H2,1H3. The molecule has 1 aliphatic rings. The number of nitrogens with one attached hydrogen (secondary N) is 2. The highest BCUT2D eigenvalue weighted by Crippen LogP contribution is 2.30. The molecule has 2 N–H and O–H groups in total. The highest BCUT2D eigenvalue weighted by atomic mass is 14.9. The average Bonchev–Trinajstić information content (AvgIpc) is 2.97. The van der Waals surface area contributed by atoms with E-state index in [4.69, 9.17) is 0 Å². The molecule has 2 heteroatoms. The van der Waals surface area contributed by atoms with E-state index in [0.29, 0.717) is 0 Å². The predicted molar refractivity (Wildman–Crippen MR) is 85.7 cm³/mol. The van der Waals surface area contributed by atoms with Crippen molar-refractivity contribution in [3.63, 3.8) is 0 Å². The monoisotopic (exact) mass is 270 g/mol. The molecule has 1 aromatic heterocycles. The lowest BCUT2D eigenvalue weighted by molar-refractivity contribution is 0.262. The molecular weight excluding hydrogens is 244 g/mol. The molecule has 0 amide bonds. The van der Waals surface area contributed by atoms with Gasteiger partial charge in [-0.2, -0.15) is 0 Å². The molecule has 1 fully saturated rings. The molecule has 0 atom stereocenters. The largest absolute Gasteiger partial charge is 0.361 e. The minimum atomic E-state index is 0.889. The first-order valence-corrected chi connectivity index (χ1v) is 8.12. The summed E-state index contributed by atoms with van der Waals surface area (Å²) >= 11 is 0. The highest BCUT2D eigenvalue weighted by molar-refractivity contribution is 5.82. The maximum absolute atomic E-state index is 3.67. The second-order valence-electron chi connectivity index (χ2n) is 6.28. The first-order valence-electron chi connectivity index (χ1n) is 8.12. The van der Waals surface area contributed by atoms with Gasteiger partial charge in [-0.3, -0.25) is 0 Å². The Kier molecular flexibility index (Phi) is 4.41. The molecule has 0 bridgehead atoms. The zero-order valence-corrected chi connectivity index (χ0v) is 12.5. The quantitative estimate of drug-likeness (QED) is 0.824. The first-order chi connectivity index (χ1) is 9.86. The normalized spacial score (nSPS) is 23.2. The fourth-order valence-electron chi connectivity index (χ4n) is 3.55. The van der Waals surface area contributed by atoms with Crippen LogP contribution < -0.4 is 5.32 Å². The Bertz CT molecular complexity index is 535. The Balaban J connectivity index is 1.49. The van der Waals surface area contributed by atoms with E-state index in [0.717, 1.165) is 18.4 Å². The van der Waals surface area contributed by atoms with Crippen molar-refractivity contribution in [3.05, 3.63) is 36.0 Å². The van der Waals surface area contributed by atoms with Gasteiger partial charge < -0.3 is 10.3 Å². The van der Waals surface area contributed by atoms with Crippen molar-refractivity contribution in [1.29, 1.82) is 0 Å². The fourth-order valence-corrected chi connectivity index (χ4v) is 3.55. The van der Waals surface area contributed by atoms with Crippen LogP contribution in [-0.2, 0) is 6.54 Å². The van der Waals surface area contributed by atoms with Crippen LogP contribution in [0.5, 0.6) is 0 Å². The number of rotatable bonds is 5. The average molecular weight is 270 g/mol. The summed E-state index contributed by atoms with van der Waals surface area (Å²) in [6.45, 7) is 4.49. The van der Waals surface area contributed by atoms with E-state index in [1.807, 2.05) is 6.20 Å². The van der Waals surface area contributed by atoms with Crippen molar-refractivity contribution >= 4 is 10.9 Å². The summed E-state index contributed by atoms with van der Waals surface area (Å²) in [6.07, 6.45) is 9.11. The lowest BCUT2D eigenvalue weighted by Gasteiger charge is -2.28. The molecule has 20 heavy (non-hydrogen) atoms. The fraction of sp³-hybridized carbons (Fsp3) is 0.556. The van der Waals surface area contributed by atoms with E-state index >= 15 is 0 Å². The molecule has 0 aliphatic heterocycles. The van der Waals surface area contributed by atoms with E-state index in [2.05, 4.69) is 41.5 Å². The van der Waals surface area contributed by atoms with E-state index in [9.17, 15) is 0 Å². The third kappa shape index (κ3) is 3.06. The van der Waals surface area contributed by atoms with Gasteiger partial charge in [0.1, 0.15) is 0 Å². The smallest absolute Gasteiger partial charge is 0.0499 e. The topological polar surface area (TPSA) is 27.8 Å². The summed E-state index contributed by atoms with van der Waals surface area (Å²) in [5.74, 6) is 1.89. The van der Waals surface area contributed by atoms with Gasteiger partial charge in [0.05, 0.1) is 0 Å². The van der Waals surface area contributed by atoms with Gasteiger partial charge in [-0.15, -0.1) is 0 Å². The number of benzene rings is 1. The van der Waals surface area contributed by atoms with Gasteiger partial charge >= 0.3 is 0 Å². The van der Waals surface area contributed by atoms with E-state index < -0.39 is 0 Å². The van der Waals surface area contributed by atoms with Crippen LogP contribution in [-0.4, -0.2) is 11.5 Å². The Morgan fingerprint density at radius 3 is 2.70 bits per heavy atom. The Hall–Kier alpha value is -1.28. The van der Waals surface area contributed by atoms with Crippen LogP contribution in [0.4, 0.5) is 0 Å². The van der Waals surface area contributed by atoms with Crippen LogP contribution in [0, 0.1) is 11.8 Å². The number of H-pyrrole nitrogens is 1. The Labute approximate surface area is 122 Å². The Morgan fingerprint density at radius 2 is 1.90 bits per heavy atom. The molecule has 0 saturated heterocycles. The van der Waals surface area contributed by atoms with Gasteiger partial charge in [-0.25, -0.2) is 0 Å². The van der Waals surface area contributed by atoms with Crippen molar-refractivity contribution < 1.29 is 0 Å². The summed E-state index contributed by atoms with van der Waals surface area (Å²) in [6, 6.07) is 8.69.